The molecule has 1 aromatic carbocycles. The van der Waals surface area contributed by atoms with Crippen molar-refractivity contribution in [2.24, 2.45) is 5.73 Å². The molecule has 0 bridgehead atoms. The average Bonchev–Trinajstić information content (AvgIpc) is 2.40. The number of halogens is 3. The molecular formula is C13H10F3N3O2. The molecule has 1 aromatic heterocycles. The number of benzene rings is 1. The molecule has 0 saturated carbocycles. The Morgan fingerprint density at radius 1 is 1.24 bits per heavy atom. The molecule has 2 aromatic rings. The summed E-state index contributed by atoms with van der Waals surface area (Å²) in [6, 6.07) is 5.70. The van der Waals surface area contributed by atoms with Crippen LogP contribution in [0, 0.1) is 0 Å². The number of rotatable bonds is 3. The lowest BCUT2D eigenvalue weighted by Crippen LogP contribution is -2.14. The van der Waals surface area contributed by atoms with Crippen molar-refractivity contribution in [3.63, 3.8) is 0 Å². The van der Waals surface area contributed by atoms with Gasteiger partial charge < -0.3 is 16.2 Å². The van der Waals surface area contributed by atoms with E-state index in [0.29, 0.717) is 6.07 Å². The maximum atomic E-state index is 13.0. The minimum Gasteiger partial charge on any atom is -0.436 e. The highest BCUT2D eigenvalue weighted by molar-refractivity contribution is 5.93. The number of hydrogen-bond acceptors (Lipinski definition) is 4. The van der Waals surface area contributed by atoms with E-state index in [1.54, 1.807) is 0 Å². The van der Waals surface area contributed by atoms with E-state index in [-0.39, 0.29) is 17.1 Å². The summed E-state index contributed by atoms with van der Waals surface area (Å²) in [4.78, 5) is 14.7. The Morgan fingerprint density at radius 2 is 1.95 bits per heavy atom. The summed E-state index contributed by atoms with van der Waals surface area (Å²) in [5.74, 6) is -1.64. The van der Waals surface area contributed by atoms with Crippen molar-refractivity contribution >= 4 is 11.6 Å². The molecule has 5 nitrogen and oxygen atoms in total. The van der Waals surface area contributed by atoms with Gasteiger partial charge in [0.1, 0.15) is 5.75 Å². The zero-order chi connectivity index (χ0) is 15.6. The molecule has 4 N–H and O–H groups in total. The number of nitrogens with zero attached hydrogens (tertiary/aromatic N) is 1. The van der Waals surface area contributed by atoms with Gasteiger partial charge in [0.2, 0.25) is 11.8 Å². The smallest absolute Gasteiger partial charge is 0.420 e. The maximum absolute atomic E-state index is 13.0. The highest BCUT2D eigenvalue weighted by Crippen LogP contribution is 2.39. The van der Waals surface area contributed by atoms with Crippen molar-refractivity contribution in [3.8, 4) is 11.6 Å². The molecule has 1 heterocycles. The first-order chi connectivity index (χ1) is 9.79. The number of amides is 1. The van der Waals surface area contributed by atoms with Crippen LogP contribution in [0.25, 0.3) is 0 Å². The Kier molecular flexibility index (Phi) is 3.70. The minimum atomic E-state index is -4.72. The van der Waals surface area contributed by atoms with Crippen LogP contribution in [0.3, 0.4) is 0 Å². The summed E-state index contributed by atoms with van der Waals surface area (Å²) in [6.07, 6.45) is -3.39. The summed E-state index contributed by atoms with van der Waals surface area (Å²) < 4.78 is 44.1. The van der Waals surface area contributed by atoms with Gasteiger partial charge in [-0.15, -0.1) is 0 Å². The molecule has 1 amide bonds. The molecule has 21 heavy (non-hydrogen) atoms. The first-order valence-corrected chi connectivity index (χ1v) is 5.68. The molecule has 0 aliphatic heterocycles. The van der Waals surface area contributed by atoms with Crippen molar-refractivity contribution in [3.05, 3.63) is 47.7 Å². The van der Waals surface area contributed by atoms with Crippen LogP contribution in [0.15, 0.2) is 36.5 Å². The predicted molar refractivity (Wildman–Crippen MR) is 68.7 cm³/mol. The molecule has 2 rings (SSSR count). The molecule has 8 heteroatoms. The number of nitrogens with two attached hydrogens (primary N) is 2. The van der Waals surface area contributed by atoms with E-state index < -0.39 is 23.4 Å². The molecule has 110 valence electrons. The second kappa shape index (κ2) is 5.31. The number of nitrogen functional groups attached to an aromatic ring is 1. The SMILES string of the molecule is NC(=O)c1ccc(Oc2ncccc2N)c(C(F)(F)F)c1. The van der Waals surface area contributed by atoms with Crippen LogP contribution in [0.2, 0.25) is 0 Å². The van der Waals surface area contributed by atoms with Gasteiger partial charge in [0.25, 0.3) is 0 Å². The van der Waals surface area contributed by atoms with Crippen LogP contribution >= 0.6 is 0 Å². The lowest BCUT2D eigenvalue weighted by atomic mass is 10.1. The largest absolute Gasteiger partial charge is 0.436 e. The molecular weight excluding hydrogens is 287 g/mol. The fourth-order valence-electron chi connectivity index (χ4n) is 1.59. The Labute approximate surface area is 117 Å². The summed E-state index contributed by atoms with van der Waals surface area (Å²) in [6.45, 7) is 0. The number of carbonyl (C=O) groups is 1. The van der Waals surface area contributed by atoms with Gasteiger partial charge in [-0.25, -0.2) is 4.98 Å². The summed E-state index contributed by atoms with van der Waals surface area (Å²) in [5.41, 5.74) is 9.21. The van der Waals surface area contributed by atoms with Crippen molar-refractivity contribution in [1.82, 2.24) is 4.98 Å². The van der Waals surface area contributed by atoms with Gasteiger partial charge in [0.05, 0.1) is 11.3 Å². The Morgan fingerprint density at radius 3 is 2.52 bits per heavy atom. The van der Waals surface area contributed by atoms with Gasteiger partial charge in [-0.3, -0.25) is 4.79 Å². The summed E-state index contributed by atoms with van der Waals surface area (Å²) in [7, 11) is 0. The average molecular weight is 297 g/mol. The van der Waals surface area contributed by atoms with E-state index in [4.69, 9.17) is 16.2 Å². The molecule has 0 saturated heterocycles. The fourth-order valence-corrected chi connectivity index (χ4v) is 1.59. The molecule has 0 aliphatic carbocycles. The van der Waals surface area contributed by atoms with Crippen LogP contribution < -0.4 is 16.2 Å². The summed E-state index contributed by atoms with van der Waals surface area (Å²) in [5, 5.41) is 0. The number of alkyl halides is 3. The standard InChI is InChI=1S/C13H10F3N3O2/c14-13(15,16)8-6-7(11(18)20)3-4-10(8)21-12-9(17)2-1-5-19-12/h1-6H,17H2,(H2,18,20). The van der Waals surface area contributed by atoms with Gasteiger partial charge in [-0.05, 0) is 30.3 Å². The van der Waals surface area contributed by atoms with E-state index in [0.717, 1.165) is 12.1 Å². The second-order valence-electron chi connectivity index (χ2n) is 4.07. The highest BCUT2D eigenvalue weighted by Gasteiger charge is 2.35. The van der Waals surface area contributed by atoms with E-state index in [9.17, 15) is 18.0 Å². The van der Waals surface area contributed by atoms with Gasteiger partial charge in [0.15, 0.2) is 0 Å². The lowest BCUT2D eigenvalue weighted by Gasteiger charge is -2.14. The second-order valence-corrected chi connectivity index (χ2v) is 4.07. The van der Waals surface area contributed by atoms with Crippen LogP contribution in [0.4, 0.5) is 18.9 Å². The molecule has 0 aliphatic rings. The van der Waals surface area contributed by atoms with Crippen molar-refractivity contribution < 1.29 is 22.7 Å². The molecule has 0 spiro atoms. The quantitative estimate of drug-likeness (QED) is 0.910. The third-order valence-electron chi connectivity index (χ3n) is 2.58. The van der Waals surface area contributed by atoms with E-state index in [1.807, 2.05) is 0 Å². The van der Waals surface area contributed by atoms with Gasteiger partial charge in [-0.2, -0.15) is 13.2 Å². The van der Waals surface area contributed by atoms with Gasteiger partial charge in [-0.1, -0.05) is 0 Å². The van der Waals surface area contributed by atoms with Crippen molar-refractivity contribution in [2.75, 3.05) is 5.73 Å². The Bertz CT molecular complexity index is 687. The Balaban J connectivity index is 2.48. The highest BCUT2D eigenvalue weighted by atomic mass is 19.4. The monoisotopic (exact) mass is 297 g/mol. The third-order valence-corrected chi connectivity index (χ3v) is 2.58. The van der Waals surface area contributed by atoms with Gasteiger partial charge in [0, 0.05) is 11.8 Å². The van der Waals surface area contributed by atoms with E-state index >= 15 is 0 Å². The number of carbonyl (C=O) groups excluding carboxylic acids is 1. The maximum Gasteiger partial charge on any atom is 0.420 e. The molecule has 0 unspecified atom stereocenters. The molecule has 0 atom stereocenters. The summed E-state index contributed by atoms with van der Waals surface area (Å²) >= 11 is 0. The zero-order valence-electron chi connectivity index (χ0n) is 10.5. The van der Waals surface area contributed by atoms with Crippen molar-refractivity contribution in [1.29, 1.82) is 0 Å². The van der Waals surface area contributed by atoms with Gasteiger partial charge >= 0.3 is 6.18 Å². The number of anilines is 1. The zero-order valence-corrected chi connectivity index (χ0v) is 10.5. The number of ether oxygens (including phenoxy) is 1. The fraction of sp³-hybridized carbons (Fsp3) is 0.0769. The van der Waals surface area contributed by atoms with Crippen LogP contribution in [-0.4, -0.2) is 10.9 Å². The number of hydrogen-bond donors (Lipinski definition) is 2. The third kappa shape index (κ3) is 3.22. The topological polar surface area (TPSA) is 91.2 Å². The first-order valence-electron chi connectivity index (χ1n) is 5.68. The first kappa shape index (κ1) is 14.6. The van der Waals surface area contributed by atoms with E-state index in [2.05, 4.69) is 4.98 Å². The van der Waals surface area contributed by atoms with Crippen LogP contribution in [-0.2, 0) is 6.18 Å². The van der Waals surface area contributed by atoms with Crippen molar-refractivity contribution in [2.45, 2.75) is 6.18 Å². The number of pyridine rings is 1. The molecule has 0 radical (unpaired) electrons. The number of primary amides is 1. The van der Waals surface area contributed by atoms with Crippen LogP contribution in [0.5, 0.6) is 11.6 Å². The minimum absolute atomic E-state index is 0.0876. The van der Waals surface area contributed by atoms with E-state index in [1.165, 1.54) is 18.3 Å². The lowest BCUT2D eigenvalue weighted by molar-refractivity contribution is -0.138. The number of aromatic nitrogens is 1. The molecule has 0 fully saturated rings. The normalized spacial score (nSPS) is 11.2. The Hall–Kier alpha value is -2.77. The van der Waals surface area contributed by atoms with Crippen LogP contribution in [0.1, 0.15) is 15.9 Å². The predicted octanol–water partition coefficient (Wildman–Crippen LogP) is 2.57.